The Labute approximate surface area is 241 Å². The van der Waals surface area contributed by atoms with Gasteiger partial charge in [-0.05, 0) is 53.9 Å². The molecule has 5 aromatic rings. The summed E-state index contributed by atoms with van der Waals surface area (Å²) in [6.45, 7) is 2.34. The number of nitrogens with zero attached hydrogens (tertiary/aromatic N) is 3. The van der Waals surface area contributed by atoms with E-state index in [1.807, 2.05) is 67.6 Å². The minimum atomic E-state index is -4.49. The quantitative estimate of drug-likeness (QED) is 0.208. The molecule has 1 unspecified atom stereocenters. The molecule has 0 spiro atoms. The lowest BCUT2D eigenvalue weighted by Gasteiger charge is -2.32. The van der Waals surface area contributed by atoms with Crippen LogP contribution in [-0.4, -0.2) is 20.5 Å². The summed E-state index contributed by atoms with van der Waals surface area (Å²) in [5, 5.41) is 3.22. The zero-order valence-corrected chi connectivity index (χ0v) is 22.9. The highest BCUT2D eigenvalue weighted by atomic mass is 19.4. The van der Waals surface area contributed by atoms with Gasteiger partial charge in [0.25, 0.3) is 5.56 Å². The minimum absolute atomic E-state index is 0.180. The third-order valence-electron chi connectivity index (χ3n) is 7.06. The molecule has 1 atom stereocenters. The van der Waals surface area contributed by atoms with E-state index in [0.717, 1.165) is 23.3 Å². The van der Waals surface area contributed by atoms with Crippen molar-refractivity contribution in [3.63, 3.8) is 0 Å². The molecule has 1 heterocycles. The highest BCUT2D eigenvalue weighted by molar-refractivity contribution is 5.89. The second-order valence-corrected chi connectivity index (χ2v) is 9.91. The molecular weight excluding hydrogens is 541 g/mol. The fourth-order valence-corrected chi connectivity index (χ4v) is 4.94. The van der Waals surface area contributed by atoms with Crippen LogP contribution >= 0.6 is 0 Å². The molecule has 0 radical (unpaired) electrons. The van der Waals surface area contributed by atoms with Crippen molar-refractivity contribution in [2.45, 2.75) is 38.7 Å². The molecule has 0 fully saturated rings. The third kappa shape index (κ3) is 6.35. The SMILES string of the molecule is CCC(c1nc2ccccc2c(=O)n1Cc1ccccc1)N(Cc1ccccc1)C(=O)Nc1ccc(C(F)(F)F)cc1. The molecule has 9 heteroatoms. The van der Waals surface area contributed by atoms with E-state index < -0.39 is 23.8 Å². The number of carbonyl (C=O) groups is 1. The molecule has 5 rings (SSSR count). The molecule has 1 N–H and O–H groups in total. The maximum atomic E-state index is 13.9. The van der Waals surface area contributed by atoms with E-state index in [1.165, 1.54) is 12.1 Å². The fourth-order valence-electron chi connectivity index (χ4n) is 4.94. The molecule has 214 valence electrons. The Bertz CT molecular complexity index is 1720. The number of rotatable bonds is 8. The van der Waals surface area contributed by atoms with Crippen LogP contribution in [-0.2, 0) is 19.3 Å². The van der Waals surface area contributed by atoms with Crippen LogP contribution < -0.4 is 10.9 Å². The van der Waals surface area contributed by atoms with E-state index in [1.54, 1.807) is 33.7 Å². The maximum Gasteiger partial charge on any atom is 0.416 e. The van der Waals surface area contributed by atoms with Crippen LogP contribution in [0.1, 0.15) is 41.9 Å². The molecule has 1 aromatic heterocycles. The summed E-state index contributed by atoms with van der Waals surface area (Å²) in [6.07, 6.45) is -4.06. The van der Waals surface area contributed by atoms with Gasteiger partial charge in [-0.15, -0.1) is 0 Å². The number of alkyl halides is 3. The van der Waals surface area contributed by atoms with E-state index in [9.17, 15) is 22.8 Å². The number of amides is 2. The molecule has 0 aliphatic carbocycles. The van der Waals surface area contributed by atoms with Gasteiger partial charge in [-0.25, -0.2) is 9.78 Å². The number of urea groups is 1. The Morgan fingerprint density at radius 2 is 1.45 bits per heavy atom. The molecule has 2 amide bonds. The summed E-state index contributed by atoms with van der Waals surface area (Å²) >= 11 is 0. The highest BCUT2D eigenvalue weighted by Crippen LogP contribution is 2.31. The van der Waals surface area contributed by atoms with Gasteiger partial charge in [0.05, 0.1) is 29.1 Å². The molecule has 6 nitrogen and oxygen atoms in total. The van der Waals surface area contributed by atoms with Gasteiger partial charge in [0, 0.05) is 12.2 Å². The number of hydrogen-bond acceptors (Lipinski definition) is 3. The Morgan fingerprint density at radius 3 is 2.07 bits per heavy atom. The van der Waals surface area contributed by atoms with Crippen molar-refractivity contribution in [2.24, 2.45) is 0 Å². The van der Waals surface area contributed by atoms with E-state index in [0.29, 0.717) is 23.1 Å². The predicted octanol–water partition coefficient (Wildman–Crippen LogP) is 7.65. The van der Waals surface area contributed by atoms with Crippen LogP contribution in [0.2, 0.25) is 0 Å². The number of para-hydroxylation sites is 1. The first-order valence-corrected chi connectivity index (χ1v) is 13.6. The lowest BCUT2D eigenvalue weighted by atomic mass is 10.1. The van der Waals surface area contributed by atoms with E-state index in [-0.39, 0.29) is 24.3 Å². The zero-order valence-electron chi connectivity index (χ0n) is 22.9. The second kappa shape index (κ2) is 12.3. The molecule has 0 aliphatic rings. The molecule has 4 aromatic carbocycles. The first-order valence-electron chi connectivity index (χ1n) is 13.6. The summed E-state index contributed by atoms with van der Waals surface area (Å²) < 4.78 is 40.9. The number of anilines is 1. The monoisotopic (exact) mass is 570 g/mol. The normalized spacial score (nSPS) is 12.2. The van der Waals surface area contributed by atoms with Gasteiger partial charge in [-0.1, -0.05) is 79.7 Å². The topological polar surface area (TPSA) is 67.2 Å². The standard InChI is InChI=1S/C33H29F3N4O2/c1-2-29(30-38-28-16-10-9-15-27(28)31(41)40(30)22-24-13-7-4-8-14-24)39(21-23-11-5-3-6-12-23)32(42)37-26-19-17-25(18-20-26)33(34,35)36/h3-20,29H,2,21-22H2,1H3,(H,37,42). The van der Waals surface area contributed by atoms with Crippen LogP contribution in [0.3, 0.4) is 0 Å². The van der Waals surface area contributed by atoms with Crippen molar-refractivity contribution < 1.29 is 18.0 Å². The molecule has 0 bridgehead atoms. The Balaban J connectivity index is 1.59. The fraction of sp³-hybridized carbons (Fsp3) is 0.182. The average molecular weight is 571 g/mol. The molecule has 0 saturated heterocycles. The van der Waals surface area contributed by atoms with Crippen LogP contribution in [0.4, 0.5) is 23.7 Å². The summed E-state index contributed by atoms with van der Waals surface area (Å²) in [7, 11) is 0. The number of carbonyl (C=O) groups excluding carboxylic acids is 1. The summed E-state index contributed by atoms with van der Waals surface area (Å²) in [5.74, 6) is 0.420. The predicted molar refractivity (Wildman–Crippen MR) is 157 cm³/mol. The van der Waals surface area contributed by atoms with E-state index in [2.05, 4.69) is 5.32 Å². The summed E-state index contributed by atoms with van der Waals surface area (Å²) in [6, 6.07) is 29.1. The number of aromatic nitrogens is 2. The zero-order chi connectivity index (χ0) is 29.7. The van der Waals surface area contributed by atoms with Crippen molar-refractivity contribution in [1.82, 2.24) is 14.5 Å². The van der Waals surface area contributed by atoms with Gasteiger partial charge in [-0.2, -0.15) is 13.2 Å². The minimum Gasteiger partial charge on any atom is -0.310 e. The number of nitrogens with one attached hydrogen (secondary N) is 1. The lowest BCUT2D eigenvalue weighted by molar-refractivity contribution is -0.137. The Hall–Kier alpha value is -4.92. The third-order valence-corrected chi connectivity index (χ3v) is 7.06. The number of fused-ring (bicyclic) bond motifs is 1. The largest absolute Gasteiger partial charge is 0.416 e. The number of halogens is 3. The molecule has 42 heavy (non-hydrogen) atoms. The molecule has 0 aliphatic heterocycles. The van der Waals surface area contributed by atoms with Crippen molar-refractivity contribution in [3.8, 4) is 0 Å². The molecule has 0 saturated carbocycles. The van der Waals surface area contributed by atoms with Gasteiger partial charge in [0.15, 0.2) is 0 Å². The van der Waals surface area contributed by atoms with Crippen molar-refractivity contribution in [1.29, 1.82) is 0 Å². The van der Waals surface area contributed by atoms with Gasteiger partial charge in [0.1, 0.15) is 5.82 Å². The lowest BCUT2D eigenvalue weighted by Crippen LogP contribution is -2.40. The summed E-state index contributed by atoms with van der Waals surface area (Å²) in [4.78, 5) is 34.2. The van der Waals surface area contributed by atoms with Gasteiger partial charge < -0.3 is 10.2 Å². The number of hydrogen-bond donors (Lipinski definition) is 1. The van der Waals surface area contributed by atoms with Crippen LogP contribution in [0.5, 0.6) is 0 Å². The maximum absolute atomic E-state index is 13.9. The van der Waals surface area contributed by atoms with E-state index >= 15 is 0 Å². The second-order valence-electron chi connectivity index (χ2n) is 9.91. The number of benzene rings is 4. The van der Waals surface area contributed by atoms with Gasteiger partial charge in [0.2, 0.25) is 0 Å². The van der Waals surface area contributed by atoms with Crippen LogP contribution in [0, 0.1) is 0 Å². The van der Waals surface area contributed by atoms with Gasteiger partial charge >= 0.3 is 12.2 Å². The highest BCUT2D eigenvalue weighted by Gasteiger charge is 2.31. The Morgan fingerprint density at radius 1 is 0.857 bits per heavy atom. The smallest absolute Gasteiger partial charge is 0.310 e. The first kappa shape index (κ1) is 28.6. The first-order chi connectivity index (χ1) is 20.2. The average Bonchev–Trinajstić information content (AvgIpc) is 2.99. The van der Waals surface area contributed by atoms with Gasteiger partial charge in [-0.3, -0.25) is 9.36 Å². The van der Waals surface area contributed by atoms with Crippen LogP contribution in [0.25, 0.3) is 10.9 Å². The van der Waals surface area contributed by atoms with Crippen molar-refractivity contribution in [2.75, 3.05) is 5.32 Å². The molecular formula is C33H29F3N4O2. The van der Waals surface area contributed by atoms with E-state index in [4.69, 9.17) is 4.98 Å². The summed E-state index contributed by atoms with van der Waals surface area (Å²) in [5.41, 5.74) is 1.45. The van der Waals surface area contributed by atoms with Crippen molar-refractivity contribution in [3.05, 3.63) is 142 Å². The van der Waals surface area contributed by atoms with Crippen LogP contribution in [0.15, 0.2) is 114 Å². The Kier molecular flexibility index (Phi) is 8.38. The van der Waals surface area contributed by atoms with Crippen molar-refractivity contribution >= 4 is 22.6 Å².